The number of rotatable bonds is 4. The molecule has 1 aromatic carbocycles. The van der Waals surface area contributed by atoms with Crippen molar-refractivity contribution in [3.63, 3.8) is 0 Å². The molecule has 1 N–H and O–H groups in total. The van der Waals surface area contributed by atoms with Crippen molar-refractivity contribution in [2.24, 2.45) is 0 Å². The van der Waals surface area contributed by atoms with Crippen molar-refractivity contribution in [2.45, 2.75) is 18.9 Å². The third-order valence-electron chi connectivity index (χ3n) is 4.03. The minimum absolute atomic E-state index is 0.209. The minimum atomic E-state index is -3.29. The average molecular weight is 348 g/mol. The van der Waals surface area contributed by atoms with Crippen LogP contribution in [0, 0.1) is 0 Å². The molecule has 1 fully saturated rings. The first-order valence-corrected chi connectivity index (χ1v) is 9.72. The zero-order valence-electron chi connectivity index (χ0n) is 13.4. The predicted molar refractivity (Wildman–Crippen MR) is 91.0 cm³/mol. The molecule has 7 heteroatoms. The number of benzene rings is 1. The normalized spacial score (nSPS) is 18.5. The Kier molecular flexibility index (Phi) is 4.73. The number of amides is 1. The zero-order valence-corrected chi connectivity index (χ0v) is 14.3. The smallest absolute Gasteiger partial charge is 0.290 e. The number of hydrogen-bond donors (Lipinski definition) is 1. The fraction of sp³-hybridized carbons (Fsp3) is 0.353. The zero-order chi connectivity index (χ0) is 17.2. The largest absolute Gasteiger partial charge is 0.459 e. The summed E-state index contributed by atoms with van der Waals surface area (Å²) < 4.78 is 30.8. The third-order valence-corrected chi connectivity index (χ3v) is 4.80. The van der Waals surface area contributed by atoms with Crippen LogP contribution in [0.1, 0.15) is 23.4 Å². The molecule has 1 unspecified atom stereocenters. The molecule has 1 saturated heterocycles. The van der Waals surface area contributed by atoms with Crippen molar-refractivity contribution in [3.8, 4) is 11.1 Å². The Morgan fingerprint density at radius 3 is 2.71 bits per heavy atom. The van der Waals surface area contributed by atoms with Crippen LogP contribution < -0.4 is 4.72 Å². The number of sulfonamides is 1. The number of carbonyl (C=O) groups is 1. The Labute approximate surface area is 141 Å². The summed E-state index contributed by atoms with van der Waals surface area (Å²) in [4.78, 5) is 14.5. The van der Waals surface area contributed by atoms with E-state index in [2.05, 4.69) is 4.72 Å². The molecule has 6 nitrogen and oxygen atoms in total. The molecule has 1 atom stereocenters. The van der Waals surface area contributed by atoms with Crippen molar-refractivity contribution >= 4 is 15.9 Å². The van der Waals surface area contributed by atoms with E-state index in [1.165, 1.54) is 6.26 Å². The molecule has 128 valence electrons. The standard InChI is InChI=1S/C17H20N2O4S/c1-24(21,22)18-14-8-5-10-19(12-14)17(20)16-15(9-11-23-16)13-6-3-2-4-7-13/h2-4,6-7,9,11,14,18H,5,8,10,12H2,1H3. The Morgan fingerprint density at radius 1 is 1.25 bits per heavy atom. The maximum Gasteiger partial charge on any atom is 0.290 e. The lowest BCUT2D eigenvalue weighted by atomic mass is 10.0. The molecular formula is C17H20N2O4S. The topological polar surface area (TPSA) is 79.6 Å². The van der Waals surface area contributed by atoms with Gasteiger partial charge in [0, 0.05) is 24.7 Å². The molecule has 0 saturated carbocycles. The van der Waals surface area contributed by atoms with Crippen LogP contribution in [0.3, 0.4) is 0 Å². The highest BCUT2D eigenvalue weighted by molar-refractivity contribution is 7.88. The van der Waals surface area contributed by atoms with Crippen molar-refractivity contribution in [1.29, 1.82) is 0 Å². The summed E-state index contributed by atoms with van der Waals surface area (Å²) in [5, 5.41) is 0. The molecule has 3 rings (SSSR count). The molecule has 0 bridgehead atoms. The first-order valence-electron chi connectivity index (χ1n) is 7.83. The van der Waals surface area contributed by atoms with Gasteiger partial charge in [-0.3, -0.25) is 4.79 Å². The average Bonchev–Trinajstić information content (AvgIpc) is 3.03. The second kappa shape index (κ2) is 6.78. The van der Waals surface area contributed by atoms with Crippen LogP contribution in [-0.2, 0) is 10.0 Å². The van der Waals surface area contributed by atoms with Gasteiger partial charge in [0.05, 0.1) is 12.5 Å². The van der Waals surface area contributed by atoms with Crippen LogP contribution in [0.5, 0.6) is 0 Å². The molecule has 24 heavy (non-hydrogen) atoms. The second-order valence-corrected chi connectivity index (χ2v) is 7.79. The molecule has 0 radical (unpaired) electrons. The van der Waals surface area contributed by atoms with E-state index in [0.717, 1.165) is 30.2 Å². The fourth-order valence-electron chi connectivity index (χ4n) is 3.02. The number of furan rings is 1. The first-order chi connectivity index (χ1) is 11.4. The van der Waals surface area contributed by atoms with E-state index in [1.54, 1.807) is 11.0 Å². The van der Waals surface area contributed by atoms with Gasteiger partial charge in [0.2, 0.25) is 10.0 Å². The Bertz CT molecular complexity index is 814. The van der Waals surface area contributed by atoms with Gasteiger partial charge in [-0.2, -0.15) is 0 Å². The summed E-state index contributed by atoms with van der Waals surface area (Å²) in [6.45, 7) is 0.941. The lowest BCUT2D eigenvalue weighted by molar-refractivity contribution is 0.0672. The summed E-state index contributed by atoms with van der Waals surface area (Å²) in [5.41, 5.74) is 1.66. The molecule has 0 spiro atoms. The van der Waals surface area contributed by atoms with E-state index in [4.69, 9.17) is 4.42 Å². The highest BCUT2D eigenvalue weighted by Gasteiger charge is 2.29. The van der Waals surface area contributed by atoms with Gasteiger partial charge < -0.3 is 9.32 Å². The monoisotopic (exact) mass is 348 g/mol. The number of likely N-dealkylation sites (tertiary alicyclic amines) is 1. The number of carbonyl (C=O) groups excluding carboxylic acids is 1. The van der Waals surface area contributed by atoms with E-state index in [1.807, 2.05) is 30.3 Å². The second-order valence-electron chi connectivity index (χ2n) is 6.01. The van der Waals surface area contributed by atoms with Crippen LogP contribution in [-0.4, -0.2) is 44.6 Å². The highest BCUT2D eigenvalue weighted by Crippen LogP contribution is 2.26. The van der Waals surface area contributed by atoms with E-state index in [9.17, 15) is 13.2 Å². The van der Waals surface area contributed by atoms with Crippen LogP contribution in [0.15, 0.2) is 47.1 Å². The number of nitrogens with zero attached hydrogens (tertiary/aromatic N) is 1. The molecule has 1 aliphatic rings. The molecule has 2 aromatic rings. The summed E-state index contributed by atoms with van der Waals surface area (Å²) in [7, 11) is -3.29. The van der Waals surface area contributed by atoms with Crippen LogP contribution in [0.25, 0.3) is 11.1 Å². The van der Waals surface area contributed by atoms with Gasteiger partial charge in [0.15, 0.2) is 5.76 Å². The van der Waals surface area contributed by atoms with Gasteiger partial charge in [-0.1, -0.05) is 30.3 Å². The van der Waals surface area contributed by atoms with Crippen LogP contribution >= 0.6 is 0 Å². The summed E-state index contributed by atoms with van der Waals surface area (Å²) in [6, 6.07) is 11.1. The number of nitrogens with one attached hydrogen (secondary N) is 1. The predicted octanol–water partition coefficient (Wildman–Crippen LogP) is 2.10. The Morgan fingerprint density at radius 2 is 2.00 bits per heavy atom. The van der Waals surface area contributed by atoms with Crippen LogP contribution in [0.2, 0.25) is 0 Å². The quantitative estimate of drug-likeness (QED) is 0.918. The van der Waals surface area contributed by atoms with Crippen molar-refractivity contribution in [3.05, 3.63) is 48.4 Å². The van der Waals surface area contributed by atoms with E-state index >= 15 is 0 Å². The maximum atomic E-state index is 12.8. The highest BCUT2D eigenvalue weighted by atomic mass is 32.2. The third kappa shape index (κ3) is 3.85. The van der Waals surface area contributed by atoms with Gasteiger partial charge in [0.1, 0.15) is 0 Å². The summed E-state index contributed by atoms with van der Waals surface area (Å²) in [6.07, 6.45) is 4.11. The number of hydrogen-bond acceptors (Lipinski definition) is 4. The van der Waals surface area contributed by atoms with Crippen molar-refractivity contribution < 1.29 is 17.6 Å². The molecule has 1 amide bonds. The van der Waals surface area contributed by atoms with Gasteiger partial charge in [-0.05, 0) is 24.5 Å². The molecule has 1 aromatic heterocycles. The summed E-state index contributed by atoms with van der Waals surface area (Å²) >= 11 is 0. The molecule has 1 aliphatic heterocycles. The lowest BCUT2D eigenvalue weighted by Gasteiger charge is -2.32. The fourth-order valence-corrected chi connectivity index (χ4v) is 3.82. The maximum absolute atomic E-state index is 12.8. The van der Waals surface area contributed by atoms with E-state index < -0.39 is 10.0 Å². The van der Waals surface area contributed by atoms with E-state index in [0.29, 0.717) is 18.8 Å². The van der Waals surface area contributed by atoms with E-state index in [-0.39, 0.29) is 11.9 Å². The molecule has 2 heterocycles. The summed E-state index contributed by atoms with van der Waals surface area (Å²) in [5.74, 6) is 0.0834. The van der Waals surface area contributed by atoms with Gasteiger partial charge in [-0.15, -0.1) is 0 Å². The minimum Gasteiger partial charge on any atom is -0.459 e. The van der Waals surface area contributed by atoms with Gasteiger partial charge in [-0.25, -0.2) is 13.1 Å². The number of piperidine rings is 1. The Balaban J connectivity index is 1.79. The van der Waals surface area contributed by atoms with Gasteiger partial charge >= 0.3 is 0 Å². The van der Waals surface area contributed by atoms with Crippen LogP contribution in [0.4, 0.5) is 0 Å². The molecule has 0 aliphatic carbocycles. The SMILES string of the molecule is CS(=O)(=O)NC1CCCN(C(=O)c2occc2-c2ccccc2)C1. The van der Waals surface area contributed by atoms with Gasteiger partial charge in [0.25, 0.3) is 5.91 Å². The Hall–Kier alpha value is -2.12. The first kappa shape index (κ1) is 16.7. The van der Waals surface area contributed by atoms with Crippen molar-refractivity contribution in [2.75, 3.05) is 19.3 Å². The molecular weight excluding hydrogens is 328 g/mol. The van der Waals surface area contributed by atoms with Crippen molar-refractivity contribution in [1.82, 2.24) is 9.62 Å². The lowest BCUT2D eigenvalue weighted by Crippen LogP contribution is -2.49.